The number of hydrogen-bond donors (Lipinski definition) is 1. The number of rotatable bonds is 10. The zero-order valence-electron chi connectivity index (χ0n) is 22.8. The number of allylic oxidation sites excluding steroid dienone is 1. The van der Waals surface area contributed by atoms with Gasteiger partial charge in [-0.1, -0.05) is 97.1 Å². The van der Waals surface area contributed by atoms with Gasteiger partial charge in [0.1, 0.15) is 0 Å². The highest BCUT2D eigenvalue weighted by molar-refractivity contribution is 6.08. The number of benzene rings is 4. The third-order valence-electron chi connectivity index (χ3n) is 7.81. The fraction of sp³-hybridized carbons (Fsp3) is 0.222. The molecule has 1 atom stereocenters. The Morgan fingerprint density at radius 1 is 0.825 bits per heavy atom. The van der Waals surface area contributed by atoms with Gasteiger partial charge in [-0.15, -0.1) is 6.58 Å². The van der Waals surface area contributed by atoms with Crippen LogP contribution in [0, 0.1) is 0 Å². The highest BCUT2D eigenvalue weighted by atomic mass is 16.1. The summed E-state index contributed by atoms with van der Waals surface area (Å²) in [6, 6.07) is 35.9. The normalized spacial score (nSPS) is 14.8. The molecule has 1 aliphatic heterocycles. The van der Waals surface area contributed by atoms with Gasteiger partial charge < -0.3 is 5.32 Å². The van der Waals surface area contributed by atoms with Crippen molar-refractivity contribution in [1.29, 1.82) is 0 Å². The van der Waals surface area contributed by atoms with E-state index in [4.69, 9.17) is 0 Å². The molecule has 1 amide bonds. The Kier molecular flexibility index (Phi) is 9.00. The number of anilines is 1. The third-order valence-corrected chi connectivity index (χ3v) is 7.81. The van der Waals surface area contributed by atoms with E-state index in [0.29, 0.717) is 24.3 Å². The largest absolute Gasteiger partial charge is 0.322 e. The molecule has 1 heterocycles. The average Bonchev–Trinajstić information content (AvgIpc) is 3.02. The molecule has 0 radical (unpaired) electrons. The number of piperidine rings is 1. The van der Waals surface area contributed by atoms with Crippen molar-refractivity contribution in [2.45, 2.75) is 37.6 Å². The molecule has 1 fully saturated rings. The molecular formula is C36H36N2O2. The molecule has 4 aromatic carbocycles. The smallest absolute Gasteiger partial charge is 0.256 e. The number of Topliss-reactive ketones (excluding diaryl/α,β-unsaturated/α-hetero) is 1. The minimum Gasteiger partial charge on any atom is -0.322 e. The minimum absolute atomic E-state index is 0.117. The van der Waals surface area contributed by atoms with Gasteiger partial charge >= 0.3 is 0 Å². The number of hydrogen-bond acceptors (Lipinski definition) is 3. The van der Waals surface area contributed by atoms with E-state index in [0.717, 1.165) is 48.3 Å². The monoisotopic (exact) mass is 528 g/mol. The molecule has 1 N–H and O–H groups in total. The molecule has 0 saturated carbocycles. The number of nitrogens with zero attached hydrogens (tertiary/aromatic N) is 1. The quantitative estimate of drug-likeness (QED) is 0.212. The number of likely N-dealkylation sites (tertiary alicyclic amines) is 1. The van der Waals surface area contributed by atoms with Gasteiger partial charge in [-0.2, -0.15) is 0 Å². The van der Waals surface area contributed by atoms with Crippen LogP contribution in [0.5, 0.6) is 0 Å². The summed E-state index contributed by atoms with van der Waals surface area (Å²) in [5.41, 5.74) is 5.72. The molecule has 5 rings (SSSR count). The van der Waals surface area contributed by atoms with Crippen LogP contribution in [0.1, 0.15) is 59.1 Å². The topological polar surface area (TPSA) is 49.4 Å². The van der Waals surface area contributed by atoms with Crippen molar-refractivity contribution in [2.75, 3.05) is 18.4 Å². The number of ketones is 1. The maximum atomic E-state index is 13.2. The van der Waals surface area contributed by atoms with Crippen molar-refractivity contribution in [3.05, 3.63) is 139 Å². The summed E-state index contributed by atoms with van der Waals surface area (Å²) in [6.45, 7) is 5.53. The maximum Gasteiger partial charge on any atom is 0.256 e. The van der Waals surface area contributed by atoms with Gasteiger partial charge in [-0.05, 0) is 78.7 Å². The lowest BCUT2D eigenvalue weighted by atomic mass is 9.87. The van der Waals surface area contributed by atoms with Crippen molar-refractivity contribution in [1.82, 2.24) is 4.90 Å². The summed E-state index contributed by atoms with van der Waals surface area (Å²) in [5.74, 6) is 0.576. The van der Waals surface area contributed by atoms with E-state index in [2.05, 4.69) is 41.1 Å². The highest BCUT2D eigenvalue weighted by Crippen LogP contribution is 2.34. The second-order valence-corrected chi connectivity index (χ2v) is 10.4. The van der Waals surface area contributed by atoms with Gasteiger partial charge in [0.15, 0.2) is 5.78 Å². The van der Waals surface area contributed by atoms with Crippen LogP contribution in [0.3, 0.4) is 0 Å². The van der Waals surface area contributed by atoms with Crippen LogP contribution in [0.25, 0.3) is 11.1 Å². The molecule has 202 valence electrons. The molecule has 1 unspecified atom stereocenters. The molecule has 4 aromatic rings. The van der Waals surface area contributed by atoms with Crippen LogP contribution >= 0.6 is 0 Å². The van der Waals surface area contributed by atoms with Gasteiger partial charge in [0.2, 0.25) is 0 Å². The molecule has 4 heteroatoms. The van der Waals surface area contributed by atoms with Gasteiger partial charge in [-0.3, -0.25) is 14.5 Å². The SMILES string of the molecule is C=CCCC(=O)C(c1ccccc1)N1CCC(c2ccc(NC(=O)c3ccccc3-c3ccccc3)cc2)CC1. The van der Waals surface area contributed by atoms with Gasteiger partial charge in [0.25, 0.3) is 5.91 Å². The lowest BCUT2D eigenvalue weighted by molar-refractivity contribution is -0.125. The van der Waals surface area contributed by atoms with E-state index in [1.165, 1.54) is 5.56 Å². The second-order valence-electron chi connectivity index (χ2n) is 10.4. The predicted octanol–water partition coefficient (Wildman–Crippen LogP) is 8.06. The van der Waals surface area contributed by atoms with Crippen LogP contribution in [0.15, 0.2) is 122 Å². The first kappa shape index (κ1) is 27.3. The predicted molar refractivity (Wildman–Crippen MR) is 163 cm³/mol. The van der Waals surface area contributed by atoms with E-state index in [1.807, 2.05) is 91.0 Å². The molecule has 0 aromatic heterocycles. The molecule has 4 nitrogen and oxygen atoms in total. The first-order valence-electron chi connectivity index (χ1n) is 14.1. The Balaban J connectivity index is 1.22. The van der Waals surface area contributed by atoms with Crippen LogP contribution in [-0.2, 0) is 4.79 Å². The number of carbonyl (C=O) groups excluding carboxylic acids is 2. The summed E-state index contributed by atoms with van der Waals surface area (Å²) >= 11 is 0. The summed E-state index contributed by atoms with van der Waals surface area (Å²) < 4.78 is 0. The van der Waals surface area contributed by atoms with Crippen LogP contribution in [-0.4, -0.2) is 29.7 Å². The van der Waals surface area contributed by atoms with Crippen molar-refractivity contribution in [3.63, 3.8) is 0 Å². The minimum atomic E-state index is -0.196. The molecule has 0 spiro atoms. The Bertz CT molecular complexity index is 1420. The Labute approximate surface area is 237 Å². The number of carbonyl (C=O) groups is 2. The van der Waals surface area contributed by atoms with Crippen LogP contribution in [0.4, 0.5) is 5.69 Å². The van der Waals surface area contributed by atoms with Gasteiger partial charge in [0.05, 0.1) is 6.04 Å². The zero-order chi connectivity index (χ0) is 27.7. The van der Waals surface area contributed by atoms with Gasteiger partial charge in [-0.25, -0.2) is 0 Å². The summed E-state index contributed by atoms with van der Waals surface area (Å²) in [7, 11) is 0. The number of amides is 1. The zero-order valence-corrected chi connectivity index (χ0v) is 22.8. The molecule has 40 heavy (non-hydrogen) atoms. The van der Waals surface area contributed by atoms with Crippen molar-refractivity contribution in [2.24, 2.45) is 0 Å². The van der Waals surface area contributed by atoms with E-state index in [1.54, 1.807) is 0 Å². The van der Waals surface area contributed by atoms with E-state index >= 15 is 0 Å². The van der Waals surface area contributed by atoms with Crippen molar-refractivity contribution in [3.8, 4) is 11.1 Å². The first-order valence-corrected chi connectivity index (χ1v) is 14.1. The Morgan fingerprint density at radius 2 is 1.45 bits per heavy atom. The van der Waals surface area contributed by atoms with Gasteiger partial charge in [0, 0.05) is 17.7 Å². The maximum absolute atomic E-state index is 13.2. The average molecular weight is 529 g/mol. The third kappa shape index (κ3) is 6.47. The second kappa shape index (κ2) is 13.2. The fourth-order valence-corrected chi connectivity index (χ4v) is 5.70. The van der Waals surface area contributed by atoms with Crippen LogP contribution < -0.4 is 5.32 Å². The molecule has 0 aliphatic carbocycles. The van der Waals surface area contributed by atoms with Crippen molar-refractivity contribution >= 4 is 17.4 Å². The van der Waals surface area contributed by atoms with Crippen LogP contribution in [0.2, 0.25) is 0 Å². The highest BCUT2D eigenvalue weighted by Gasteiger charge is 2.31. The molecule has 1 aliphatic rings. The van der Waals surface area contributed by atoms with E-state index in [9.17, 15) is 9.59 Å². The summed E-state index contributed by atoms with van der Waals surface area (Å²) in [5, 5.41) is 3.08. The molecular weight excluding hydrogens is 492 g/mol. The molecule has 1 saturated heterocycles. The van der Waals surface area contributed by atoms with E-state index < -0.39 is 0 Å². The fourth-order valence-electron chi connectivity index (χ4n) is 5.70. The number of nitrogens with one attached hydrogen (secondary N) is 1. The Morgan fingerprint density at radius 3 is 2.12 bits per heavy atom. The van der Waals surface area contributed by atoms with Crippen molar-refractivity contribution < 1.29 is 9.59 Å². The van der Waals surface area contributed by atoms with E-state index in [-0.39, 0.29) is 17.7 Å². The standard InChI is InChI=1S/C36H36N2O2/c1-2-3-18-34(39)35(30-14-8-5-9-15-30)38-25-23-28(24-26-38)27-19-21-31(22-20-27)37-36(40)33-17-11-10-16-32(33)29-12-6-4-7-13-29/h2,4-17,19-22,28,35H,1,3,18,23-26H2,(H,37,40). The summed E-state index contributed by atoms with van der Waals surface area (Å²) in [4.78, 5) is 28.7. The molecule has 0 bridgehead atoms. The first-order chi connectivity index (χ1) is 19.6. The lowest BCUT2D eigenvalue weighted by Crippen LogP contribution is -2.39. The lowest BCUT2D eigenvalue weighted by Gasteiger charge is -2.37. The summed E-state index contributed by atoms with van der Waals surface area (Å²) in [6.07, 6.45) is 5.04. The Hall–Kier alpha value is -4.28.